The van der Waals surface area contributed by atoms with E-state index in [4.69, 9.17) is 0 Å². The quantitative estimate of drug-likeness (QED) is 0.290. The molecule has 4 aromatic rings. The molecule has 0 aliphatic carbocycles. The van der Waals surface area contributed by atoms with E-state index in [-0.39, 0.29) is 29.1 Å². The minimum Gasteiger partial charge on any atom is -0.331 e. The first kappa shape index (κ1) is 27.4. The van der Waals surface area contributed by atoms with Gasteiger partial charge in [-0.1, -0.05) is 79.7 Å². The number of rotatable bonds is 9. The fourth-order valence-electron chi connectivity index (χ4n) is 5.17. The summed E-state index contributed by atoms with van der Waals surface area (Å²) in [7, 11) is -3.63. The number of anilines is 1. The highest BCUT2D eigenvalue weighted by Gasteiger charge is 2.32. The van der Waals surface area contributed by atoms with Gasteiger partial charge in [0.2, 0.25) is 10.0 Å². The van der Waals surface area contributed by atoms with Gasteiger partial charge in [0.25, 0.3) is 5.91 Å². The van der Waals surface area contributed by atoms with Crippen LogP contribution in [0.4, 0.5) is 5.69 Å². The summed E-state index contributed by atoms with van der Waals surface area (Å²) in [5.74, 6) is -0.328. The van der Waals surface area contributed by atoms with E-state index >= 15 is 0 Å². The van der Waals surface area contributed by atoms with Crippen molar-refractivity contribution in [3.05, 3.63) is 107 Å². The third-order valence-corrected chi connectivity index (χ3v) is 8.44. The molecule has 1 aliphatic rings. The Bertz CT molecular complexity index is 1630. The second-order valence-corrected chi connectivity index (χ2v) is 11.7. The number of amides is 1. The second-order valence-electron chi connectivity index (χ2n) is 9.84. The maximum Gasteiger partial charge on any atom is 0.331 e. The molecule has 1 fully saturated rings. The van der Waals surface area contributed by atoms with Crippen molar-refractivity contribution in [3.63, 3.8) is 0 Å². The molecule has 208 valence electrons. The molecule has 0 saturated carbocycles. The Balaban J connectivity index is 1.61. The Morgan fingerprint density at radius 3 is 2.38 bits per heavy atom. The minimum atomic E-state index is -3.63. The lowest BCUT2D eigenvalue weighted by Crippen LogP contribution is -2.54. The van der Waals surface area contributed by atoms with E-state index in [1.807, 2.05) is 65.6 Å². The zero-order valence-corrected chi connectivity index (χ0v) is 23.2. The molecule has 3 N–H and O–H groups in total. The molecule has 0 bridgehead atoms. The monoisotopic (exact) mass is 559 g/mol. The van der Waals surface area contributed by atoms with Crippen LogP contribution in [0.15, 0.2) is 89.7 Å². The molecule has 0 unspecified atom stereocenters. The number of carbonyl (C=O) groups excluding carboxylic acids is 1. The molecule has 1 amide bonds. The fourth-order valence-corrected chi connectivity index (χ4v) is 6.32. The van der Waals surface area contributed by atoms with Crippen molar-refractivity contribution in [1.29, 1.82) is 0 Å². The lowest BCUT2D eigenvalue weighted by Gasteiger charge is -2.36. The molecule has 0 radical (unpaired) electrons. The molecular formula is C30H33N5O4S. The zero-order chi connectivity index (χ0) is 28.1. The van der Waals surface area contributed by atoms with E-state index in [0.717, 1.165) is 5.56 Å². The lowest BCUT2D eigenvalue weighted by atomic mass is 10.0. The highest BCUT2D eigenvalue weighted by Crippen LogP contribution is 2.30. The van der Waals surface area contributed by atoms with E-state index < -0.39 is 15.7 Å². The lowest BCUT2D eigenvalue weighted by molar-refractivity contribution is 0.0631. The SMILES string of the molecule is CCCS(=O)(=O)Nc1ccccc1-n1c(-c2ccccc2)c(C(=O)N2CCNC[C@H]2Cc2ccccc2)[nH]c1=O. The number of benzene rings is 3. The van der Waals surface area contributed by atoms with E-state index in [1.165, 1.54) is 4.57 Å². The predicted octanol–water partition coefficient (Wildman–Crippen LogP) is 3.64. The molecule has 5 rings (SSSR count). The largest absolute Gasteiger partial charge is 0.331 e. The molecular weight excluding hydrogens is 526 g/mol. The maximum atomic E-state index is 14.2. The molecule has 0 spiro atoms. The van der Waals surface area contributed by atoms with Crippen LogP contribution in [-0.4, -0.2) is 60.2 Å². The van der Waals surface area contributed by atoms with Gasteiger partial charge >= 0.3 is 5.69 Å². The van der Waals surface area contributed by atoms with E-state index in [1.54, 1.807) is 31.2 Å². The molecule has 3 aromatic carbocycles. The average molecular weight is 560 g/mol. The summed E-state index contributed by atoms with van der Waals surface area (Å²) in [6.07, 6.45) is 1.12. The van der Waals surface area contributed by atoms with Crippen LogP contribution in [0.25, 0.3) is 16.9 Å². The first-order chi connectivity index (χ1) is 19.4. The summed E-state index contributed by atoms with van der Waals surface area (Å²) in [6.45, 7) is 3.55. The van der Waals surface area contributed by atoms with Gasteiger partial charge in [0.15, 0.2) is 0 Å². The molecule has 10 heteroatoms. The number of nitrogens with zero attached hydrogens (tertiary/aromatic N) is 2. The van der Waals surface area contributed by atoms with Crippen LogP contribution < -0.4 is 15.7 Å². The molecule has 40 heavy (non-hydrogen) atoms. The van der Waals surface area contributed by atoms with Gasteiger partial charge in [-0.15, -0.1) is 0 Å². The molecule has 1 aliphatic heterocycles. The van der Waals surface area contributed by atoms with Gasteiger partial charge in [-0.05, 0) is 30.5 Å². The van der Waals surface area contributed by atoms with Crippen molar-refractivity contribution in [1.82, 2.24) is 19.8 Å². The summed E-state index contributed by atoms with van der Waals surface area (Å²) >= 11 is 0. The van der Waals surface area contributed by atoms with Crippen molar-refractivity contribution >= 4 is 21.6 Å². The number of imidazole rings is 1. The predicted molar refractivity (Wildman–Crippen MR) is 157 cm³/mol. The van der Waals surface area contributed by atoms with Crippen molar-refractivity contribution < 1.29 is 13.2 Å². The van der Waals surface area contributed by atoms with Crippen molar-refractivity contribution in [2.45, 2.75) is 25.8 Å². The number of H-pyrrole nitrogens is 1. The summed E-state index contributed by atoms with van der Waals surface area (Å²) < 4.78 is 29.3. The molecule has 1 atom stereocenters. The minimum absolute atomic E-state index is 0.0511. The number of para-hydroxylation sites is 2. The number of hydrogen-bond donors (Lipinski definition) is 3. The number of carbonyl (C=O) groups is 1. The van der Waals surface area contributed by atoms with Gasteiger partial charge in [0, 0.05) is 31.2 Å². The van der Waals surface area contributed by atoms with Gasteiger partial charge in [-0.2, -0.15) is 0 Å². The Labute approximate surface area is 233 Å². The number of piperazine rings is 1. The van der Waals surface area contributed by atoms with Crippen molar-refractivity contribution in [3.8, 4) is 16.9 Å². The first-order valence-corrected chi connectivity index (χ1v) is 15.1. The van der Waals surface area contributed by atoms with E-state index in [2.05, 4.69) is 15.0 Å². The highest BCUT2D eigenvalue weighted by molar-refractivity contribution is 7.92. The van der Waals surface area contributed by atoms with Crippen LogP contribution in [0.3, 0.4) is 0 Å². The van der Waals surface area contributed by atoms with Crippen LogP contribution in [0.5, 0.6) is 0 Å². The van der Waals surface area contributed by atoms with E-state index in [0.29, 0.717) is 49.4 Å². The summed E-state index contributed by atoms with van der Waals surface area (Å²) in [6, 6.07) is 25.8. The standard InChI is InChI=1S/C30H33N5O4S/c1-2-19-40(38,39)33-25-15-9-10-16-26(25)35-28(23-13-7-4-8-14-23)27(32-30(35)37)29(36)34-18-17-31-21-24(34)20-22-11-5-3-6-12-22/h3-16,24,31,33H,2,17-21H2,1H3,(H,32,37)/t24-/m1/s1. The van der Waals surface area contributed by atoms with Crippen LogP contribution in [0.1, 0.15) is 29.4 Å². The van der Waals surface area contributed by atoms with Crippen LogP contribution in [0.2, 0.25) is 0 Å². The third-order valence-electron chi connectivity index (χ3n) is 6.97. The number of nitrogens with one attached hydrogen (secondary N) is 3. The smallest absolute Gasteiger partial charge is 0.331 e. The van der Waals surface area contributed by atoms with Gasteiger partial charge < -0.3 is 15.2 Å². The van der Waals surface area contributed by atoms with Gasteiger partial charge in [0.05, 0.1) is 22.8 Å². The first-order valence-electron chi connectivity index (χ1n) is 13.4. The Hall–Kier alpha value is -4.15. The zero-order valence-electron chi connectivity index (χ0n) is 22.3. The molecule has 2 heterocycles. The van der Waals surface area contributed by atoms with Gasteiger partial charge in [0.1, 0.15) is 5.69 Å². The Kier molecular flexibility index (Phi) is 8.18. The Morgan fingerprint density at radius 1 is 0.975 bits per heavy atom. The van der Waals surface area contributed by atoms with Crippen molar-refractivity contribution in [2.75, 3.05) is 30.1 Å². The summed E-state index contributed by atoms with van der Waals surface area (Å²) in [4.78, 5) is 32.4. The fraction of sp³-hybridized carbons (Fsp3) is 0.267. The number of aromatic amines is 1. The average Bonchev–Trinajstić information content (AvgIpc) is 3.31. The normalized spacial score (nSPS) is 15.6. The third kappa shape index (κ3) is 5.88. The molecule has 1 saturated heterocycles. The maximum absolute atomic E-state index is 14.2. The number of sulfonamides is 1. The second kappa shape index (κ2) is 11.9. The molecule has 9 nitrogen and oxygen atoms in total. The van der Waals surface area contributed by atoms with Crippen LogP contribution in [0, 0.1) is 0 Å². The van der Waals surface area contributed by atoms with E-state index in [9.17, 15) is 18.0 Å². The van der Waals surface area contributed by atoms with Crippen molar-refractivity contribution in [2.24, 2.45) is 0 Å². The summed E-state index contributed by atoms with van der Waals surface area (Å²) in [5, 5.41) is 3.38. The number of hydrogen-bond acceptors (Lipinski definition) is 5. The number of aromatic nitrogens is 2. The van der Waals surface area contributed by atoms with Gasteiger partial charge in [-0.25, -0.2) is 13.2 Å². The topological polar surface area (TPSA) is 116 Å². The van der Waals surface area contributed by atoms with Crippen LogP contribution >= 0.6 is 0 Å². The summed E-state index contributed by atoms with van der Waals surface area (Å²) in [5.41, 5.74) is 2.40. The molecule has 1 aromatic heterocycles. The van der Waals surface area contributed by atoms with Gasteiger partial charge in [-0.3, -0.25) is 14.1 Å². The Morgan fingerprint density at radius 2 is 1.65 bits per heavy atom. The van der Waals surface area contributed by atoms with Crippen LogP contribution in [-0.2, 0) is 16.4 Å². The highest BCUT2D eigenvalue weighted by atomic mass is 32.2.